The Labute approximate surface area is 210 Å². The van der Waals surface area contributed by atoms with Crippen LogP contribution in [0.25, 0.3) is 11.4 Å². The van der Waals surface area contributed by atoms with Gasteiger partial charge in [-0.3, -0.25) is 14.5 Å². The predicted octanol–water partition coefficient (Wildman–Crippen LogP) is 3.15. The molecule has 190 valence electrons. The molecule has 0 aliphatic heterocycles. The number of hydrogen-bond acceptors (Lipinski definition) is 7. The van der Waals surface area contributed by atoms with Gasteiger partial charge in [-0.15, -0.1) is 10.2 Å². The van der Waals surface area contributed by atoms with Crippen LogP contribution in [-0.4, -0.2) is 58.3 Å². The summed E-state index contributed by atoms with van der Waals surface area (Å²) in [6.07, 6.45) is 4.16. The van der Waals surface area contributed by atoms with Crippen LogP contribution in [0.5, 0.6) is 11.5 Å². The van der Waals surface area contributed by atoms with E-state index in [1.807, 2.05) is 31.2 Å². The summed E-state index contributed by atoms with van der Waals surface area (Å²) in [5.74, 6) is 0.979. The highest BCUT2D eigenvalue weighted by molar-refractivity contribution is 6.00. The first-order chi connectivity index (χ1) is 17.4. The molecule has 10 heteroatoms. The molecule has 0 saturated heterocycles. The van der Waals surface area contributed by atoms with Crippen LogP contribution in [0.2, 0.25) is 0 Å². The first-order valence-electron chi connectivity index (χ1n) is 12.1. The van der Waals surface area contributed by atoms with Crippen LogP contribution in [0.4, 0.5) is 5.69 Å². The Morgan fingerprint density at radius 2 is 1.78 bits per heavy atom. The third-order valence-electron chi connectivity index (χ3n) is 6.42. The molecule has 10 nitrogen and oxygen atoms in total. The fourth-order valence-corrected chi connectivity index (χ4v) is 4.40. The highest BCUT2D eigenvalue weighted by Crippen LogP contribution is 2.30. The molecule has 0 bridgehead atoms. The van der Waals surface area contributed by atoms with Gasteiger partial charge in [0.05, 0.1) is 14.2 Å². The van der Waals surface area contributed by atoms with Gasteiger partial charge in [-0.05, 0) is 62.2 Å². The van der Waals surface area contributed by atoms with Crippen LogP contribution in [0.15, 0.2) is 42.5 Å². The average Bonchev–Trinajstić information content (AvgIpc) is 3.57. The number of carbonyl (C=O) groups is 2. The van der Waals surface area contributed by atoms with Crippen molar-refractivity contribution >= 4 is 17.5 Å². The molecule has 1 N–H and O–H groups in total. The Morgan fingerprint density at radius 1 is 1.08 bits per heavy atom. The van der Waals surface area contributed by atoms with Gasteiger partial charge in [-0.1, -0.05) is 30.5 Å². The number of nitrogens with zero attached hydrogens (tertiary/aromatic N) is 5. The van der Waals surface area contributed by atoms with E-state index in [2.05, 4.69) is 20.7 Å². The van der Waals surface area contributed by atoms with Crippen molar-refractivity contribution in [2.45, 2.75) is 58.2 Å². The van der Waals surface area contributed by atoms with E-state index < -0.39 is 6.04 Å². The topological polar surface area (TPSA) is 111 Å². The average molecular weight is 493 g/mol. The number of aromatic nitrogens is 4. The van der Waals surface area contributed by atoms with E-state index in [1.165, 1.54) is 9.70 Å². The minimum atomic E-state index is -0.699. The van der Waals surface area contributed by atoms with Crippen molar-refractivity contribution in [2.75, 3.05) is 19.1 Å². The van der Waals surface area contributed by atoms with Gasteiger partial charge in [0.2, 0.25) is 11.7 Å². The quantitative estimate of drug-likeness (QED) is 0.488. The van der Waals surface area contributed by atoms with Crippen molar-refractivity contribution in [1.29, 1.82) is 0 Å². The van der Waals surface area contributed by atoms with Crippen LogP contribution in [0, 0.1) is 6.92 Å². The van der Waals surface area contributed by atoms with E-state index >= 15 is 0 Å². The summed E-state index contributed by atoms with van der Waals surface area (Å²) in [5.41, 5.74) is 2.37. The summed E-state index contributed by atoms with van der Waals surface area (Å²) in [6.45, 7) is 3.54. The molecular formula is C26H32N6O4. The highest BCUT2D eigenvalue weighted by atomic mass is 16.5. The van der Waals surface area contributed by atoms with Crippen LogP contribution in [-0.2, 0) is 16.1 Å². The summed E-state index contributed by atoms with van der Waals surface area (Å²) in [4.78, 5) is 29.3. The molecule has 1 heterocycles. The van der Waals surface area contributed by atoms with E-state index in [0.717, 1.165) is 31.2 Å². The van der Waals surface area contributed by atoms with Crippen LogP contribution in [0.1, 0.15) is 38.2 Å². The van der Waals surface area contributed by atoms with E-state index in [-0.39, 0.29) is 24.4 Å². The van der Waals surface area contributed by atoms with Gasteiger partial charge >= 0.3 is 0 Å². The molecule has 0 spiro atoms. The molecule has 1 aliphatic rings. The van der Waals surface area contributed by atoms with E-state index in [4.69, 9.17) is 9.47 Å². The second-order valence-corrected chi connectivity index (χ2v) is 8.98. The zero-order valence-electron chi connectivity index (χ0n) is 21.1. The molecule has 4 rings (SSSR count). The summed E-state index contributed by atoms with van der Waals surface area (Å²) in [6, 6.07) is 12.3. The number of methoxy groups -OCH3 is 2. The predicted molar refractivity (Wildman–Crippen MR) is 135 cm³/mol. The monoisotopic (exact) mass is 492 g/mol. The van der Waals surface area contributed by atoms with Crippen molar-refractivity contribution < 1.29 is 19.1 Å². The number of amides is 2. The molecule has 1 aromatic heterocycles. The second kappa shape index (κ2) is 11.2. The highest BCUT2D eigenvalue weighted by Gasteiger charge is 2.30. The van der Waals surface area contributed by atoms with Gasteiger partial charge in [0.25, 0.3) is 5.91 Å². The van der Waals surface area contributed by atoms with Crippen molar-refractivity contribution in [3.05, 3.63) is 48.0 Å². The molecule has 0 radical (unpaired) electrons. The Kier molecular flexibility index (Phi) is 7.82. The van der Waals surface area contributed by atoms with Gasteiger partial charge in [0.1, 0.15) is 12.6 Å². The Bertz CT molecular complexity index is 1200. The first-order valence-corrected chi connectivity index (χ1v) is 12.1. The molecule has 3 aromatic rings. The maximum absolute atomic E-state index is 13.5. The zero-order valence-corrected chi connectivity index (χ0v) is 21.1. The maximum Gasteiger partial charge on any atom is 0.251 e. The fourth-order valence-electron chi connectivity index (χ4n) is 4.40. The van der Waals surface area contributed by atoms with Gasteiger partial charge in [0.15, 0.2) is 11.5 Å². The normalized spacial score (nSPS) is 14.3. The number of aryl methyl sites for hydroxylation is 1. The Balaban J connectivity index is 1.54. The van der Waals surface area contributed by atoms with Crippen molar-refractivity contribution in [3.8, 4) is 22.9 Å². The number of rotatable bonds is 9. The summed E-state index contributed by atoms with van der Waals surface area (Å²) >= 11 is 0. The molecule has 1 atom stereocenters. The lowest BCUT2D eigenvalue weighted by atomic mass is 10.1. The van der Waals surface area contributed by atoms with Crippen molar-refractivity contribution in [3.63, 3.8) is 0 Å². The maximum atomic E-state index is 13.5. The second-order valence-electron chi connectivity index (χ2n) is 8.98. The third kappa shape index (κ3) is 5.64. The zero-order chi connectivity index (χ0) is 25.7. The summed E-state index contributed by atoms with van der Waals surface area (Å²) in [5, 5.41) is 15.6. The number of carbonyl (C=O) groups excluding carboxylic acids is 2. The molecule has 1 aliphatic carbocycles. The smallest absolute Gasteiger partial charge is 0.251 e. The number of benzene rings is 2. The minimum Gasteiger partial charge on any atom is -0.493 e. The molecule has 36 heavy (non-hydrogen) atoms. The number of anilines is 1. The Hall–Kier alpha value is -3.95. The number of nitrogens with one attached hydrogen (secondary N) is 1. The molecular weight excluding hydrogens is 460 g/mol. The van der Waals surface area contributed by atoms with Gasteiger partial charge < -0.3 is 14.8 Å². The van der Waals surface area contributed by atoms with E-state index in [1.54, 1.807) is 39.3 Å². The molecule has 1 fully saturated rings. The van der Waals surface area contributed by atoms with Gasteiger partial charge in [-0.25, -0.2) is 0 Å². The summed E-state index contributed by atoms with van der Waals surface area (Å²) in [7, 11) is 3.11. The van der Waals surface area contributed by atoms with Crippen LogP contribution < -0.4 is 19.7 Å². The molecule has 1 saturated carbocycles. The standard InChI is InChI=1S/C26H32N6O4/c1-17-9-12-21(13-10-17)32(18(2)26(34)27-20-7-5-6-8-20)24(33)16-31-29-25(28-30-31)19-11-14-22(35-3)23(15-19)36-4/h9-15,18,20H,5-8,16H2,1-4H3,(H,27,34). The lowest BCUT2D eigenvalue weighted by molar-refractivity contribution is -0.127. The van der Waals surface area contributed by atoms with Crippen LogP contribution >= 0.6 is 0 Å². The number of tetrazole rings is 1. The largest absolute Gasteiger partial charge is 0.493 e. The lowest BCUT2D eigenvalue weighted by Gasteiger charge is -2.29. The van der Waals surface area contributed by atoms with Gasteiger partial charge in [-0.2, -0.15) is 4.80 Å². The number of hydrogen-bond donors (Lipinski definition) is 1. The van der Waals surface area contributed by atoms with Crippen molar-refractivity contribution in [2.24, 2.45) is 0 Å². The van der Waals surface area contributed by atoms with E-state index in [0.29, 0.717) is 28.6 Å². The van der Waals surface area contributed by atoms with Crippen molar-refractivity contribution in [1.82, 2.24) is 25.5 Å². The molecule has 1 unspecified atom stereocenters. The van der Waals surface area contributed by atoms with Gasteiger partial charge in [0, 0.05) is 17.3 Å². The third-order valence-corrected chi connectivity index (χ3v) is 6.42. The lowest BCUT2D eigenvalue weighted by Crippen LogP contribution is -2.51. The minimum absolute atomic E-state index is 0.163. The fraction of sp³-hybridized carbons (Fsp3) is 0.423. The molecule has 2 amide bonds. The number of ether oxygens (including phenoxy) is 2. The summed E-state index contributed by atoms with van der Waals surface area (Å²) < 4.78 is 10.6. The SMILES string of the molecule is COc1ccc(-c2nnn(CC(=O)N(c3ccc(C)cc3)C(C)C(=O)NC3CCCC3)n2)cc1OC. The molecule has 2 aromatic carbocycles. The van der Waals surface area contributed by atoms with E-state index in [9.17, 15) is 9.59 Å². The first kappa shape index (κ1) is 25.2. The Morgan fingerprint density at radius 3 is 2.44 bits per heavy atom. The van der Waals surface area contributed by atoms with Crippen LogP contribution in [0.3, 0.4) is 0 Å².